The van der Waals surface area contributed by atoms with Gasteiger partial charge in [-0.3, -0.25) is 9.52 Å². The number of anilines is 2. The average Bonchev–Trinajstić information content (AvgIpc) is 3.43. The molecule has 44 heavy (non-hydrogen) atoms. The number of thioether (sulfide) groups is 1. The first-order valence-electron chi connectivity index (χ1n) is 13.8. The summed E-state index contributed by atoms with van der Waals surface area (Å²) in [5.41, 5.74) is 5.15. The molecule has 1 unspecified atom stereocenters. The number of amides is 1. The zero-order valence-corrected chi connectivity index (χ0v) is 25.9. The van der Waals surface area contributed by atoms with Crippen LogP contribution in [-0.4, -0.2) is 29.7 Å². The summed E-state index contributed by atoms with van der Waals surface area (Å²) in [6.07, 6.45) is 0.464. The second-order valence-electron chi connectivity index (χ2n) is 10.0. The van der Waals surface area contributed by atoms with Gasteiger partial charge in [0, 0.05) is 22.9 Å². The fourth-order valence-electron chi connectivity index (χ4n) is 4.44. The number of aromatic nitrogens is 2. The molecule has 5 rings (SSSR count). The first-order valence-corrected chi connectivity index (χ1v) is 16.1. The van der Waals surface area contributed by atoms with Gasteiger partial charge in [-0.2, -0.15) is 5.26 Å². The van der Waals surface area contributed by atoms with Gasteiger partial charge in [0.2, 0.25) is 5.91 Å². The van der Waals surface area contributed by atoms with Crippen LogP contribution in [0.15, 0.2) is 105 Å². The smallest absolute Gasteiger partial charge is 0.263 e. The van der Waals surface area contributed by atoms with Crippen molar-refractivity contribution in [2.24, 2.45) is 0 Å². The predicted octanol–water partition coefficient (Wildman–Crippen LogP) is 7.20. The van der Waals surface area contributed by atoms with Crippen molar-refractivity contribution in [2.75, 3.05) is 10.0 Å². The molecule has 0 aliphatic rings. The molecule has 0 aliphatic heterocycles. The van der Waals surface area contributed by atoms with Gasteiger partial charge < -0.3 is 9.84 Å². The molecular formula is C33H29N5O4S2. The first-order chi connectivity index (χ1) is 21.2. The molecule has 0 aliphatic carbocycles. The van der Waals surface area contributed by atoms with Gasteiger partial charge in [0.1, 0.15) is 16.9 Å². The number of pyridine rings is 1. The van der Waals surface area contributed by atoms with Crippen molar-refractivity contribution in [3.05, 3.63) is 108 Å². The zero-order chi connectivity index (χ0) is 31.3. The zero-order valence-electron chi connectivity index (χ0n) is 24.2. The Balaban J connectivity index is 1.40. The average molecular weight is 624 g/mol. The van der Waals surface area contributed by atoms with Crippen molar-refractivity contribution in [2.45, 2.75) is 42.4 Å². The highest BCUT2D eigenvalue weighted by molar-refractivity contribution is 8.00. The number of benzene rings is 3. The van der Waals surface area contributed by atoms with Crippen LogP contribution in [0.3, 0.4) is 0 Å². The highest BCUT2D eigenvalue weighted by atomic mass is 32.2. The molecule has 5 aromatic rings. The minimum atomic E-state index is -3.90. The van der Waals surface area contributed by atoms with Crippen molar-refractivity contribution >= 4 is 39.2 Å². The SMILES string of the molecule is CCC(Sc1nc(-c2ccccc2)cc(-c2ccc(C)cc2)c1C#N)C(=O)Nc1ccc(S(=O)(=O)Nc2cc(C)on2)cc1. The van der Waals surface area contributed by atoms with E-state index in [1.54, 1.807) is 6.92 Å². The van der Waals surface area contributed by atoms with Gasteiger partial charge in [0.15, 0.2) is 5.82 Å². The summed E-state index contributed by atoms with van der Waals surface area (Å²) >= 11 is 1.23. The van der Waals surface area contributed by atoms with Crippen LogP contribution in [-0.2, 0) is 14.8 Å². The van der Waals surface area contributed by atoms with Crippen LogP contribution in [0.4, 0.5) is 11.5 Å². The maximum Gasteiger partial charge on any atom is 0.263 e. The monoisotopic (exact) mass is 623 g/mol. The first kappa shape index (κ1) is 30.5. The van der Waals surface area contributed by atoms with Crippen LogP contribution in [0.1, 0.15) is 30.2 Å². The molecule has 1 amide bonds. The van der Waals surface area contributed by atoms with E-state index in [4.69, 9.17) is 9.51 Å². The molecule has 0 bridgehead atoms. The summed E-state index contributed by atoms with van der Waals surface area (Å²) in [6, 6.07) is 29.2. The third-order valence-electron chi connectivity index (χ3n) is 6.75. The highest BCUT2D eigenvalue weighted by Gasteiger charge is 2.24. The van der Waals surface area contributed by atoms with E-state index in [0.29, 0.717) is 34.2 Å². The van der Waals surface area contributed by atoms with Gasteiger partial charge in [-0.15, -0.1) is 0 Å². The van der Waals surface area contributed by atoms with E-state index in [0.717, 1.165) is 22.3 Å². The molecule has 0 radical (unpaired) electrons. The van der Waals surface area contributed by atoms with E-state index in [9.17, 15) is 18.5 Å². The van der Waals surface area contributed by atoms with Crippen molar-refractivity contribution in [3.63, 3.8) is 0 Å². The van der Waals surface area contributed by atoms with Crippen molar-refractivity contribution in [3.8, 4) is 28.5 Å². The Morgan fingerprint density at radius 3 is 2.30 bits per heavy atom. The number of sulfonamides is 1. The van der Waals surface area contributed by atoms with Crippen LogP contribution >= 0.6 is 11.8 Å². The number of nitriles is 1. The van der Waals surface area contributed by atoms with Crippen molar-refractivity contribution in [1.29, 1.82) is 5.26 Å². The lowest BCUT2D eigenvalue weighted by Gasteiger charge is -2.18. The second-order valence-corrected chi connectivity index (χ2v) is 12.9. The van der Waals surface area contributed by atoms with Crippen LogP contribution in [0.25, 0.3) is 22.4 Å². The van der Waals surface area contributed by atoms with Crippen LogP contribution < -0.4 is 10.0 Å². The van der Waals surface area contributed by atoms with Gasteiger partial charge in [-0.1, -0.05) is 84.0 Å². The molecule has 0 saturated carbocycles. The number of carbonyl (C=O) groups excluding carboxylic acids is 1. The van der Waals surface area contributed by atoms with E-state index < -0.39 is 15.3 Å². The number of carbonyl (C=O) groups is 1. The molecule has 2 heterocycles. The van der Waals surface area contributed by atoms with E-state index in [1.807, 2.05) is 74.5 Å². The Bertz CT molecular complexity index is 1930. The molecule has 2 N–H and O–H groups in total. The molecule has 0 fully saturated rings. The molecule has 11 heteroatoms. The summed E-state index contributed by atoms with van der Waals surface area (Å²) in [5.74, 6) is 0.256. The summed E-state index contributed by atoms with van der Waals surface area (Å²) in [7, 11) is -3.90. The number of nitrogens with one attached hydrogen (secondary N) is 2. The molecular weight excluding hydrogens is 595 g/mol. The molecule has 9 nitrogen and oxygen atoms in total. The molecule has 2 aromatic heterocycles. The predicted molar refractivity (Wildman–Crippen MR) is 172 cm³/mol. The minimum absolute atomic E-state index is 0.00166. The molecule has 3 aromatic carbocycles. The lowest BCUT2D eigenvalue weighted by molar-refractivity contribution is -0.115. The minimum Gasteiger partial charge on any atom is -0.360 e. The molecule has 0 spiro atoms. The molecule has 0 saturated heterocycles. The van der Waals surface area contributed by atoms with Crippen molar-refractivity contribution in [1.82, 2.24) is 10.1 Å². The van der Waals surface area contributed by atoms with Gasteiger partial charge >= 0.3 is 0 Å². The van der Waals surface area contributed by atoms with Gasteiger partial charge in [-0.05, 0) is 56.2 Å². The van der Waals surface area contributed by atoms with Gasteiger partial charge in [0.05, 0.1) is 21.4 Å². The maximum atomic E-state index is 13.4. The topological polar surface area (TPSA) is 138 Å². The fraction of sp³-hybridized carbons (Fsp3) is 0.152. The van der Waals surface area contributed by atoms with Gasteiger partial charge in [-0.25, -0.2) is 13.4 Å². The maximum absolute atomic E-state index is 13.4. The van der Waals surface area contributed by atoms with Crippen molar-refractivity contribution < 1.29 is 17.7 Å². The number of hydrogen-bond donors (Lipinski definition) is 2. The van der Waals surface area contributed by atoms with E-state index in [-0.39, 0.29) is 16.6 Å². The van der Waals surface area contributed by atoms with Gasteiger partial charge in [0.25, 0.3) is 10.0 Å². The number of nitrogens with zero attached hydrogens (tertiary/aromatic N) is 3. The Morgan fingerprint density at radius 2 is 1.68 bits per heavy atom. The molecule has 1 atom stereocenters. The fourth-order valence-corrected chi connectivity index (χ4v) is 6.45. The lowest BCUT2D eigenvalue weighted by atomic mass is 9.98. The molecule has 222 valence electrons. The Labute approximate surface area is 260 Å². The van der Waals surface area contributed by atoms with E-state index in [1.165, 1.54) is 42.1 Å². The van der Waals surface area contributed by atoms with Crippen LogP contribution in [0, 0.1) is 25.2 Å². The lowest BCUT2D eigenvalue weighted by Crippen LogP contribution is -2.25. The Hall–Kier alpha value is -4.92. The van der Waals surface area contributed by atoms with Crippen LogP contribution in [0.2, 0.25) is 0 Å². The van der Waals surface area contributed by atoms with E-state index in [2.05, 4.69) is 21.3 Å². The number of aryl methyl sites for hydroxylation is 2. The summed E-state index contributed by atoms with van der Waals surface area (Å²) in [4.78, 5) is 18.3. The third-order valence-corrected chi connectivity index (χ3v) is 9.47. The number of rotatable bonds is 10. The normalized spacial score (nSPS) is 11.9. The summed E-state index contributed by atoms with van der Waals surface area (Å²) in [5, 5.41) is 16.7. The quantitative estimate of drug-likeness (QED) is 0.156. The standard InChI is InChI=1S/C33H29N5O4S2/c1-4-30(32(39)35-25-14-16-26(17-15-25)44(40,41)38-31-18-22(3)42-37-31)43-33-28(20-34)27(23-12-10-21(2)11-13-23)19-29(36-33)24-8-6-5-7-9-24/h5-19,30H,4H2,1-3H3,(H,35,39)(H,37,38). The second kappa shape index (κ2) is 13.2. The summed E-state index contributed by atoms with van der Waals surface area (Å²) in [6.45, 7) is 5.55. The Kier molecular flexibility index (Phi) is 9.13. The summed E-state index contributed by atoms with van der Waals surface area (Å²) < 4.78 is 32.7. The third kappa shape index (κ3) is 6.99. The van der Waals surface area contributed by atoms with E-state index >= 15 is 0 Å². The van der Waals surface area contributed by atoms with Crippen LogP contribution in [0.5, 0.6) is 0 Å². The highest BCUT2D eigenvalue weighted by Crippen LogP contribution is 2.37. The number of hydrogen-bond acceptors (Lipinski definition) is 8. The Morgan fingerprint density at radius 1 is 0.977 bits per heavy atom. The largest absolute Gasteiger partial charge is 0.360 e.